The maximum Gasteiger partial charge on any atom is 0.349 e. The lowest BCUT2D eigenvalue weighted by Gasteiger charge is -2.08. The van der Waals surface area contributed by atoms with Crippen LogP contribution in [0.25, 0.3) is 0 Å². The van der Waals surface area contributed by atoms with Gasteiger partial charge >= 0.3 is 5.97 Å². The van der Waals surface area contributed by atoms with E-state index in [1.165, 1.54) is 13.3 Å². The molecule has 1 aromatic heterocycles. The number of nitrogens with zero attached hydrogens (tertiary/aromatic N) is 1. The Balaban J connectivity index is 2.27. The number of benzene rings is 1. The van der Waals surface area contributed by atoms with Crippen molar-refractivity contribution in [3.8, 4) is 0 Å². The van der Waals surface area contributed by atoms with Crippen molar-refractivity contribution in [2.24, 2.45) is 0 Å². The molecule has 1 aromatic carbocycles. The summed E-state index contributed by atoms with van der Waals surface area (Å²) < 4.78 is 4.60. The fraction of sp³-hybridized carbons (Fsp3) is 0.0909. The number of rotatable bonds is 3. The largest absolute Gasteiger partial charge is 0.465 e. The molecule has 8 heteroatoms. The molecule has 0 radical (unpaired) electrons. The van der Waals surface area contributed by atoms with Gasteiger partial charge in [0.1, 0.15) is 4.88 Å². The summed E-state index contributed by atoms with van der Waals surface area (Å²) in [5.74, 6) is -0.446. The molecule has 0 unspecified atom stereocenters. The number of hydrogen-bond donors (Lipinski definition) is 1. The molecule has 100 valence electrons. The van der Waals surface area contributed by atoms with Crippen molar-refractivity contribution in [2.45, 2.75) is 0 Å². The number of ether oxygens (including phenoxy) is 1. The minimum atomic E-state index is -0.446. The summed E-state index contributed by atoms with van der Waals surface area (Å²) in [6.45, 7) is 0. The van der Waals surface area contributed by atoms with Crippen molar-refractivity contribution in [2.75, 3.05) is 12.4 Å². The lowest BCUT2D eigenvalue weighted by Crippen LogP contribution is -1.96. The van der Waals surface area contributed by atoms with Gasteiger partial charge in [-0.2, -0.15) is 0 Å². The van der Waals surface area contributed by atoms with Gasteiger partial charge in [0.25, 0.3) is 0 Å². The third-order valence-corrected chi connectivity index (χ3v) is 3.84. The van der Waals surface area contributed by atoms with E-state index in [0.717, 1.165) is 11.3 Å². The molecule has 0 amide bonds. The van der Waals surface area contributed by atoms with E-state index < -0.39 is 5.97 Å². The molecule has 1 heterocycles. The standard InChI is InChI=1S/C11H7Cl3N2O2S/c1-18-10(17)8-4-15-11(19-8)16-9-6(13)2-5(12)3-7(9)14/h2-4H,1H3,(H,15,16). The molecule has 0 aliphatic carbocycles. The first kappa shape index (κ1) is 14.4. The second-order valence-electron chi connectivity index (χ2n) is 3.39. The van der Waals surface area contributed by atoms with E-state index in [1.54, 1.807) is 12.1 Å². The maximum absolute atomic E-state index is 11.3. The number of nitrogens with one attached hydrogen (secondary N) is 1. The van der Waals surface area contributed by atoms with E-state index in [1.807, 2.05) is 0 Å². The molecule has 2 aromatic rings. The van der Waals surface area contributed by atoms with Crippen molar-refractivity contribution in [1.29, 1.82) is 0 Å². The fourth-order valence-corrected chi connectivity index (χ4v) is 2.95. The first-order chi connectivity index (χ1) is 9.01. The van der Waals surface area contributed by atoms with Crippen molar-refractivity contribution in [1.82, 2.24) is 4.98 Å². The number of hydrogen-bond acceptors (Lipinski definition) is 5. The molecule has 0 saturated carbocycles. The molecule has 0 fully saturated rings. The van der Waals surface area contributed by atoms with Crippen LogP contribution in [0.3, 0.4) is 0 Å². The Labute approximate surface area is 128 Å². The molecule has 19 heavy (non-hydrogen) atoms. The molecular weight excluding hydrogens is 331 g/mol. The van der Waals surface area contributed by atoms with Crippen LogP contribution < -0.4 is 5.32 Å². The van der Waals surface area contributed by atoms with Crippen LogP contribution in [0.1, 0.15) is 9.67 Å². The van der Waals surface area contributed by atoms with Crippen LogP contribution in [0.15, 0.2) is 18.3 Å². The van der Waals surface area contributed by atoms with Gasteiger partial charge in [-0.05, 0) is 12.1 Å². The van der Waals surface area contributed by atoms with E-state index in [0.29, 0.717) is 30.8 Å². The molecular formula is C11H7Cl3N2O2S. The van der Waals surface area contributed by atoms with Gasteiger partial charge in [-0.15, -0.1) is 0 Å². The number of carbonyl (C=O) groups is 1. The average Bonchev–Trinajstić information content (AvgIpc) is 2.81. The minimum Gasteiger partial charge on any atom is -0.465 e. The van der Waals surface area contributed by atoms with Crippen LogP contribution in [-0.2, 0) is 4.74 Å². The van der Waals surface area contributed by atoms with Gasteiger partial charge in [0, 0.05) is 5.02 Å². The van der Waals surface area contributed by atoms with Gasteiger partial charge < -0.3 is 10.1 Å². The number of carbonyl (C=O) groups excluding carboxylic acids is 1. The van der Waals surface area contributed by atoms with Crippen LogP contribution in [0.2, 0.25) is 15.1 Å². The molecule has 0 atom stereocenters. The highest BCUT2D eigenvalue weighted by molar-refractivity contribution is 7.17. The Morgan fingerprint density at radius 1 is 1.32 bits per heavy atom. The van der Waals surface area contributed by atoms with Gasteiger partial charge in [0.05, 0.1) is 29.0 Å². The maximum atomic E-state index is 11.3. The summed E-state index contributed by atoms with van der Waals surface area (Å²) in [7, 11) is 1.31. The lowest BCUT2D eigenvalue weighted by molar-refractivity contribution is 0.0606. The Bertz CT molecular complexity index is 607. The lowest BCUT2D eigenvalue weighted by atomic mass is 10.3. The number of halogens is 3. The summed E-state index contributed by atoms with van der Waals surface area (Å²) in [5, 5.41) is 4.60. The van der Waals surface area contributed by atoms with E-state index in [-0.39, 0.29) is 0 Å². The Morgan fingerprint density at radius 2 is 1.95 bits per heavy atom. The van der Waals surface area contributed by atoms with Gasteiger partial charge in [0.2, 0.25) is 0 Å². The molecule has 0 aliphatic rings. The third kappa shape index (κ3) is 3.30. The topological polar surface area (TPSA) is 51.2 Å². The molecule has 0 spiro atoms. The molecule has 0 saturated heterocycles. The summed E-state index contributed by atoms with van der Waals surface area (Å²) in [4.78, 5) is 15.7. The summed E-state index contributed by atoms with van der Waals surface area (Å²) in [5.41, 5.74) is 0.485. The Hall–Kier alpha value is -1.01. The second-order valence-corrected chi connectivity index (χ2v) is 5.67. The van der Waals surface area contributed by atoms with E-state index >= 15 is 0 Å². The van der Waals surface area contributed by atoms with E-state index in [4.69, 9.17) is 34.8 Å². The zero-order valence-corrected chi connectivity index (χ0v) is 12.6. The van der Waals surface area contributed by atoms with E-state index in [2.05, 4.69) is 15.0 Å². The average molecular weight is 338 g/mol. The molecule has 1 N–H and O–H groups in total. The fourth-order valence-electron chi connectivity index (χ4n) is 1.30. The zero-order chi connectivity index (χ0) is 14.0. The van der Waals surface area contributed by atoms with Crippen molar-refractivity contribution >= 4 is 62.9 Å². The molecule has 0 aliphatic heterocycles. The number of esters is 1. The molecule has 4 nitrogen and oxygen atoms in total. The Kier molecular flexibility index (Phi) is 4.52. The van der Waals surface area contributed by atoms with Crippen LogP contribution in [0, 0.1) is 0 Å². The zero-order valence-electron chi connectivity index (χ0n) is 9.54. The van der Waals surface area contributed by atoms with Gasteiger partial charge in [-0.25, -0.2) is 9.78 Å². The van der Waals surface area contributed by atoms with Crippen molar-refractivity contribution in [3.05, 3.63) is 38.3 Å². The predicted molar refractivity (Wildman–Crippen MR) is 78.2 cm³/mol. The molecule has 0 bridgehead atoms. The highest BCUT2D eigenvalue weighted by atomic mass is 35.5. The normalized spacial score (nSPS) is 10.3. The van der Waals surface area contributed by atoms with Gasteiger partial charge in [0.15, 0.2) is 5.13 Å². The SMILES string of the molecule is COC(=O)c1cnc(Nc2c(Cl)cc(Cl)cc2Cl)s1. The Morgan fingerprint density at radius 3 is 2.53 bits per heavy atom. The van der Waals surface area contributed by atoms with Crippen molar-refractivity contribution in [3.63, 3.8) is 0 Å². The summed E-state index contributed by atoms with van der Waals surface area (Å²) in [6.07, 6.45) is 1.41. The van der Waals surface area contributed by atoms with Crippen molar-refractivity contribution < 1.29 is 9.53 Å². The first-order valence-corrected chi connectivity index (χ1v) is 6.92. The second kappa shape index (κ2) is 5.96. The monoisotopic (exact) mass is 336 g/mol. The summed E-state index contributed by atoms with van der Waals surface area (Å²) in [6, 6.07) is 3.12. The smallest absolute Gasteiger partial charge is 0.349 e. The number of thiazole rings is 1. The van der Waals surface area contributed by atoms with Crippen LogP contribution in [0.4, 0.5) is 10.8 Å². The van der Waals surface area contributed by atoms with Crippen LogP contribution in [-0.4, -0.2) is 18.1 Å². The third-order valence-electron chi connectivity index (χ3n) is 2.13. The highest BCUT2D eigenvalue weighted by Crippen LogP contribution is 2.36. The van der Waals surface area contributed by atoms with Gasteiger partial charge in [-0.3, -0.25) is 0 Å². The number of anilines is 2. The van der Waals surface area contributed by atoms with E-state index in [9.17, 15) is 4.79 Å². The number of aromatic nitrogens is 1. The van der Waals surface area contributed by atoms with Crippen LogP contribution >= 0.6 is 46.1 Å². The number of methoxy groups -OCH3 is 1. The molecule has 2 rings (SSSR count). The predicted octanol–water partition coefficient (Wildman–Crippen LogP) is 4.63. The minimum absolute atomic E-state index is 0.368. The highest BCUT2D eigenvalue weighted by Gasteiger charge is 2.13. The van der Waals surface area contributed by atoms with Gasteiger partial charge in [-0.1, -0.05) is 46.1 Å². The quantitative estimate of drug-likeness (QED) is 0.829. The van der Waals surface area contributed by atoms with Crippen LogP contribution in [0.5, 0.6) is 0 Å². The first-order valence-electron chi connectivity index (χ1n) is 4.97. The summed E-state index contributed by atoms with van der Waals surface area (Å²) >= 11 is 19.0.